The minimum atomic E-state index is -3.23. The molecule has 2 aromatic carbocycles. The van der Waals surface area contributed by atoms with Crippen molar-refractivity contribution >= 4 is 21.8 Å². The third kappa shape index (κ3) is 5.19. The lowest BCUT2D eigenvalue weighted by molar-refractivity contribution is 0.587. The molecular weight excluding hydrogens is 316 g/mol. The summed E-state index contributed by atoms with van der Waals surface area (Å²) in [5.41, 5.74) is 2.61. The molecule has 0 bridgehead atoms. The van der Waals surface area contributed by atoms with Crippen LogP contribution in [0.5, 0.6) is 0 Å². The van der Waals surface area contributed by atoms with Crippen molar-refractivity contribution in [3.8, 4) is 6.07 Å². The van der Waals surface area contributed by atoms with Crippen LogP contribution in [0, 0.1) is 11.3 Å². The highest BCUT2D eigenvalue weighted by Crippen LogP contribution is 2.27. The Labute approximate surface area is 135 Å². The van der Waals surface area contributed by atoms with Gasteiger partial charge in [-0.25, -0.2) is 13.1 Å². The van der Waals surface area contributed by atoms with Crippen molar-refractivity contribution in [3.05, 3.63) is 65.2 Å². The van der Waals surface area contributed by atoms with Gasteiger partial charge in [0.2, 0.25) is 10.0 Å². The van der Waals surface area contributed by atoms with Crippen LogP contribution < -0.4 is 4.72 Å². The van der Waals surface area contributed by atoms with Gasteiger partial charge in [-0.1, -0.05) is 36.4 Å². The van der Waals surface area contributed by atoms with E-state index in [2.05, 4.69) is 10.8 Å². The molecule has 0 radical (unpaired) electrons. The molecule has 0 fully saturated rings. The largest absolute Gasteiger partial charge is 0.213 e. The molecule has 2 rings (SSSR count). The quantitative estimate of drug-likeness (QED) is 0.826. The van der Waals surface area contributed by atoms with E-state index in [1.165, 1.54) is 5.56 Å². The van der Waals surface area contributed by atoms with Gasteiger partial charge < -0.3 is 0 Å². The highest BCUT2D eigenvalue weighted by Gasteiger charge is 2.07. The molecule has 6 heteroatoms. The number of thioether (sulfide) groups is 1. The Kier molecular flexibility index (Phi) is 5.61. The van der Waals surface area contributed by atoms with Gasteiger partial charge in [-0.05, 0) is 23.3 Å². The first kappa shape index (κ1) is 16.6. The second-order valence-electron chi connectivity index (χ2n) is 4.81. The summed E-state index contributed by atoms with van der Waals surface area (Å²) in [6.45, 7) is 0.226. The Hall–Kier alpha value is -1.81. The van der Waals surface area contributed by atoms with E-state index in [0.717, 1.165) is 22.5 Å². The fourth-order valence-electron chi connectivity index (χ4n) is 1.84. The summed E-state index contributed by atoms with van der Waals surface area (Å²) < 4.78 is 24.8. The van der Waals surface area contributed by atoms with E-state index < -0.39 is 10.0 Å². The molecule has 0 aliphatic rings. The summed E-state index contributed by atoms with van der Waals surface area (Å²) in [6, 6.07) is 17.5. The van der Waals surface area contributed by atoms with E-state index in [9.17, 15) is 13.7 Å². The van der Waals surface area contributed by atoms with E-state index in [0.29, 0.717) is 5.56 Å². The molecular formula is C16H16N2O2S2. The molecule has 0 unspecified atom stereocenters. The van der Waals surface area contributed by atoms with Crippen molar-refractivity contribution < 1.29 is 8.42 Å². The maximum absolute atomic E-state index is 11.2. The molecule has 0 aliphatic heterocycles. The summed E-state index contributed by atoms with van der Waals surface area (Å²) >= 11 is 1.57. The van der Waals surface area contributed by atoms with Gasteiger partial charge in [0.15, 0.2) is 0 Å². The molecule has 4 nitrogen and oxygen atoms in total. The fourth-order valence-corrected chi connectivity index (χ4v) is 3.29. The van der Waals surface area contributed by atoms with Gasteiger partial charge in [-0.2, -0.15) is 5.26 Å². The standard InChI is InChI=1S/C16H16N2O2S2/c1-22(19,20)18-11-14-7-8-15(10-17)16(9-14)21-12-13-5-3-2-4-6-13/h2-9,18H,11-12H2,1H3. The highest BCUT2D eigenvalue weighted by molar-refractivity contribution is 7.98. The van der Waals surface area contributed by atoms with E-state index in [-0.39, 0.29) is 6.54 Å². The number of nitriles is 1. The number of nitrogens with one attached hydrogen (secondary N) is 1. The van der Waals surface area contributed by atoms with Gasteiger partial charge >= 0.3 is 0 Å². The smallest absolute Gasteiger partial charge is 0.209 e. The highest BCUT2D eigenvalue weighted by atomic mass is 32.2. The SMILES string of the molecule is CS(=O)(=O)NCc1ccc(C#N)c(SCc2ccccc2)c1. The van der Waals surface area contributed by atoms with Crippen LogP contribution in [0.2, 0.25) is 0 Å². The number of hydrogen-bond acceptors (Lipinski definition) is 4. The maximum Gasteiger partial charge on any atom is 0.209 e. The third-order valence-electron chi connectivity index (χ3n) is 2.94. The topological polar surface area (TPSA) is 70.0 Å². The van der Waals surface area contributed by atoms with Gasteiger partial charge in [0.25, 0.3) is 0 Å². The van der Waals surface area contributed by atoms with Crippen molar-refractivity contribution in [1.82, 2.24) is 4.72 Å². The first-order valence-electron chi connectivity index (χ1n) is 6.62. The molecule has 0 amide bonds. The summed E-state index contributed by atoms with van der Waals surface area (Å²) in [5.74, 6) is 0.762. The lowest BCUT2D eigenvalue weighted by Crippen LogP contribution is -2.21. The van der Waals surface area contributed by atoms with Gasteiger partial charge in [-0.3, -0.25) is 0 Å². The zero-order valence-corrected chi connectivity index (χ0v) is 13.7. The molecule has 0 saturated carbocycles. The summed E-state index contributed by atoms with van der Waals surface area (Å²) in [4.78, 5) is 0.860. The minimum Gasteiger partial charge on any atom is -0.213 e. The number of hydrogen-bond donors (Lipinski definition) is 1. The Balaban J connectivity index is 2.13. The van der Waals surface area contributed by atoms with Crippen LogP contribution in [0.3, 0.4) is 0 Å². The number of benzene rings is 2. The molecule has 0 aromatic heterocycles. The lowest BCUT2D eigenvalue weighted by Gasteiger charge is -2.08. The molecule has 0 aliphatic carbocycles. The zero-order chi connectivity index (χ0) is 16.0. The minimum absolute atomic E-state index is 0.226. The van der Waals surface area contributed by atoms with E-state index in [1.807, 2.05) is 36.4 Å². The van der Waals surface area contributed by atoms with Crippen LogP contribution in [0.4, 0.5) is 0 Å². The van der Waals surface area contributed by atoms with Crippen molar-refractivity contribution in [3.63, 3.8) is 0 Å². The average Bonchev–Trinajstić information content (AvgIpc) is 2.51. The van der Waals surface area contributed by atoms with Crippen molar-refractivity contribution in [2.45, 2.75) is 17.2 Å². The van der Waals surface area contributed by atoms with E-state index in [4.69, 9.17) is 0 Å². The first-order chi connectivity index (χ1) is 10.5. The molecule has 0 atom stereocenters. The zero-order valence-electron chi connectivity index (χ0n) is 12.1. The van der Waals surface area contributed by atoms with E-state index in [1.54, 1.807) is 23.9 Å². The second-order valence-corrected chi connectivity index (χ2v) is 7.66. The van der Waals surface area contributed by atoms with Gasteiger partial charge in [0, 0.05) is 17.2 Å². The molecule has 114 valence electrons. The Morgan fingerprint density at radius 1 is 1.14 bits per heavy atom. The molecule has 2 aromatic rings. The predicted molar refractivity (Wildman–Crippen MR) is 88.8 cm³/mol. The Morgan fingerprint density at radius 2 is 1.86 bits per heavy atom. The van der Waals surface area contributed by atoms with Gasteiger partial charge in [0.05, 0.1) is 11.8 Å². The normalized spacial score (nSPS) is 11.1. The third-order valence-corrected chi connectivity index (χ3v) is 4.74. The van der Waals surface area contributed by atoms with Crippen molar-refractivity contribution in [2.75, 3.05) is 6.26 Å². The predicted octanol–water partition coefficient (Wildman–Crippen LogP) is 2.90. The molecule has 0 spiro atoms. The summed E-state index contributed by atoms with van der Waals surface area (Å²) in [5, 5.41) is 9.19. The van der Waals surface area contributed by atoms with Crippen LogP contribution in [0.1, 0.15) is 16.7 Å². The van der Waals surface area contributed by atoms with Gasteiger partial charge in [-0.15, -0.1) is 11.8 Å². The second kappa shape index (κ2) is 7.45. The van der Waals surface area contributed by atoms with Crippen LogP contribution >= 0.6 is 11.8 Å². The molecule has 0 saturated heterocycles. The van der Waals surface area contributed by atoms with Crippen LogP contribution in [0.15, 0.2) is 53.4 Å². The Bertz CT molecular complexity index is 782. The van der Waals surface area contributed by atoms with E-state index >= 15 is 0 Å². The van der Waals surface area contributed by atoms with Crippen molar-refractivity contribution in [1.29, 1.82) is 5.26 Å². The van der Waals surface area contributed by atoms with Crippen molar-refractivity contribution in [2.24, 2.45) is 0 Å². The number of rotatable bonds is 6. The van der Waals surface area contributed by atoms with Gasteiger partial charge in [0.1, 0.15) is 6.07 Å². The molecule has 0 heterocycles. The first-order valence-corrected chi connectivity index (χ1v) is 9.50. The number of nitrogens with zero attached hydrogens (tertiary/aromatic N) is 1. The maximum atomic E-state index is 11.2. The summed E-state index contributed by atoms with van der Waals surface area (Å²) in [7, 11) is -3.23. The number of sulfonamides is 1. The Morgan fingerprint density at radius 3 is 2.50 bits per heavy atom. The van der Waals surface area contributed by atoms with Crippen LogP contribution in [-0.4, -0.2) is 14.7 Å². The monoisotopic (exact) mass is 332 g/mol. The molecule has 1 N–H and O–H groups in total. The molecule has 22 heavy (non-hydrogen) atoms. The lowest BCUT2D eigenvalue weighted by atomic mass is 10.1. The average molecular weight is 332 g/mol. The van der Waals surface area contributed by atoms with Crippen LogP contribution in [-0.2, 0) is 22.3 Å². The summed E-state index contributed by atoms with van der Waals surface area (Å²) in [6.07, 6.45) is 1.13. The fraction of sp³-hybridized carbons (Fsp3) is 0.188. The van der Waals surface area contributed by atoms with Crippen LogP contribution in [0.25, 0.3) is 0 Å².